The normalized spacial score (nSPS) is 16.5. The number of hydrogen-bond donors (Lipinski definition) is 2. The lowest BCUT2D eigenvalue weighted by Gasteiger charge is -2.38. The monoisotopic (exact) mass is 326 g/mol. The van der Waals surface area contributed by atoms with Crippen molar-refractivity contribution in [2.75, 3.05) is 20.2 Å². The largest absolute Gasteiger partial charge is 0.497 e. The molecule has 1 aliphatic rings. The molecule has 1 aliphatic carbocycles. The zero-order valence-electron chi connectivity index (χ0n) is 13.3. The maximum atomic E-state index is 11.7. The molecule has 1 aromatic rings. The standard InChI is InChI=1S/C17H26N2O2.ClH/c1-21-15-7-5-14(6-8-15)17(10-3-2-4-11-17)13-19-16(20)9-12-18;/h5-8H,2-4,9-13,18H2,1H3,(H,19,20);1H. The van der Waals surface area contributed by atoms with Crippen LogP contribution < -0.4 is 15.8 Å². The molecule has 4 nitrogen and oxygen atoms in total. The van der Waals surface area contributed by atoms with E-state index in [2.05, 4.69) is 17.4 Å². The SMILES string of the molecule is COc1ccc(C2(CNC(=O)CCN)CCCCC2)cc1.Cl. The molecule has 5 heteroatoms. The Balaban J connectivity index is 0.00000242. The number of halogens is 1. The zero-order valence-corrected chi connectivity index (χ0v) is 14.1. The van der Waals surface area contributed by atoms with Gasteiger partial charge in [-0.15, -0.1) is 12.4 Å². The van der Waals surface area contributed by atoms with Gasteiger partial charge in [0, 0.05) is 24.9 Å². The molecule has 0 atom stereocenters. The van der Waals surface area contributed by atoms with Crippen molar-refractivity contribution in [1.29, 1.82) is 0 Å². The van der Waals surface area contributed by atoms with Gasteiger partial charge in [-0.1, -0.05) is 31.4 Å². The van der Waals surface area contributed by atoms with Gasteiger partial charge in [0.2, 0.25) is 5.91 Å². The van der Waals surface area contributed by atoms with E-state index in [-0.39, 0.29) is 23.7 Å². The van der Waals surface area contributed by atoms with E-state index in [0.717, 1.165) is 18.6 Å². The van der Waals surface area contributed by atoms with Crippen LogP contribution in [-0.4, -0.2) is 26.1 Å². The van der Waals surface area contributed by atoms with Crippen molar-refractivity contribution in [3.63, 3.8) is 0 Å². The van der Waals surface area contributed by atoms with Gasteiger partial charge in [0.15, 0.2) is 0 Å². The van der Waals surface area contributed by atoms with Crippen LogP contribution in [0.25, 0.3) is 0 Å². The molecule has 1 saturated carbocycles. The van der Waals surface area contributed by atoms with Crippen molar-refractivity contribution in [2.24, 2.45) is 5.73 Å². The molecule has 0 aliphatic heterocycles. The number of carbonyl (C=O) groups excluding carboxylic acids is 1. The van der Waals surface area contributed by atoms with Gasteiger partial charge in [0.1, 0.15) is 5.75 Å². The number of rotatable bonds is 6. The first-order chi connectivity index (χ1) is 10.2. The Labute approximate surface area is 139 Å². The van der Waals surface area contributed by atoms with Crippen LogP contribution in [0, 0.1) is 0 Å². The Morgan fingerprint density at radius 3 is 2.41 bits per heavy atom. The summed E-state index contributed by atoms with van der Waals surface area (Å²) in [5, 5.41) is 3.07. The molecule has 0 bridgehead atoms. The van der Waals surface area contributed by atoms with Gasteiger partial charge in [-0.2, -0.15) is 0 Å². The Morgan fingerprint density at radius 2 is 1.86 bits per heavy atom. The van der Waals surface area contributed by atoms with Gasteiger partial charge < -0.3 is 15.8 Å². The molecule has 1 amide bonds. The fraction of sp³-hybridized carbons (Fsp3) is 0.588. The zero-order chi connectivity index (χ0) is 15.1. The minimum Gasteiger partial charge on any atom is -0.497 e. The predicted molar refractivity (Wildman–Crippen MR) is 91.7 cm³/mol. The summed E-state index contributed by atoms with van der Waals surface area (Å²) in [6.07, 6.45) is 6.38. The molecule has 0 aromatic heterocycles. The van der Waals surface area contributed by atoms with E-state index in [9.17, 15) is 4.79 Å². The van der Waals surface area contributed by atoms with Crippen molar-refractivity contribution in [1.82, 2.24) is 5.32 Å². The van der Waals surface area contributed by atoms with Gasteiger partial charge in [-0.3, -0.25) is 4.79 Å². The molecule has 1 aromatic carbocycles. The molecule has 0 spiro atoms. The van der Waals surface area contributed by atoms with E-state index in [0.29, 0.717) is 19.5 Å². The van der Waals surface area contributed by atoms with Crippen LogP contribution in [-0.2, 0) is 10.2 Å². The number of methoxy groups -OCH3 is 1. The fourth-order valence-corrected chi connectivity index (χ4v) is 3.23. The Hall–Kier alpha value is -1.26. The number of benzene rings is 1. The van der Waals surface area contributed by atoms with Crippen molar-refractivity contribution < 1.29 is 9.53 Å². The lowest BCUT2D eigenvalue weighted by Crippen LogP contribution is -2.42. The lowest BCUT2D eigenvalue weighted by molar-refractivity contribution is -0.121. The third-order valence-corrected chi connectivity index (χ3v) is 4.51. The summed E-state index contributed by atoms with van der Waals surface area (Å²) >= 11 is 0. The molecule has 0 heterocycles. The molecule has 22 heavy (non-hydrogen) atoms. The molecule has 1 fully saturated rings. The van der Waals surface area contributed by atoms with Crippen molar-refractivity contribution in [3.8, 4) is 5.75 Å². The third kappa shape index (κ3) is 4.62. The average Bonchev–Trinajstić information content (AvgIpc) is 2.54. The second-order valence-electron chi connectivity index (χ2n) is 5.88. The van der Waals surface area contributed by atoms with Crippen molar-refractivity contribution >= 4 is 18.3 Å². The average molecular weight is 327 g/mol. The molecule has 0 radical (unpaired) electrons. The smallest absolute Gasteiger partial charge is 0.221 e. The van der Waals surface area contributed by atoms with Crippen molar-refractivity contribution in [2.45, 2.75) is 43.9 Å². The van der Waals surface area contributed by atoms with Crippen LogP contribution in [0.4, 0.5) is 0 Å². The topological polar surface area (TPSA) is 64.3 Å². The van der Waals surface area contributed by atoms with Gasteiger partial charge in [-0.25, -0.2) is 0 Å². The van der Waals surface area contributed by atoms with Gasteiger partial charge >= 0.3 is 0 Å². The first-order valence-electron chi connectivity index (χ1n) is 7.81. The maximum Gasteiger partial charge on any atom is 0.221 e. The number of ether oxygens (including phenoxy) is 1. The summed E-state index contributed by atoms with van der Waals surface area (Å²) in [5.74, 6) is 0.924. The Bertz CT molecular complexity index is 456. The molecule has 124 valence electrons. The predicted octanol–water partition coefficient (Wildman–Crippen LogP) is 2.78. The molecule has 3 N–H and O–H groups in total. The van der Waals surface area contributed by atoms with Gasteiger partial charge in [0.05, 0.1) is 7.11 Å². The van der Waals surface area contributed by atoms with E-state index < -0.39 is 0 Å². The van der Waals surface area contributed by atoms with Crippen LogP contribution in [0.5, 0.6) is 5.75 Å². The molecular weight excluding hydrogens is 300 g/mol. The summed E-state index contributed by atoms with van der Waals surface area (Å²) in [6.45, 7) is 1.11. The highest BCUT2D eigenvalue weighted by Gasteiger charge is 2.34. The van der Waals surface area contributed by atoms with E-state index in [4.69, 9.17) is 10.5 Å². The van der Waals surface area contributed by atoms with Crippen LogP contribution in [0.1, 0.15) is 44.1 Å². The molecule has 2 rings (SSSR count). The number of nitrogens with one attached hydrogen (secondary N) is 1. The minimum atomic E-state index is 0. The molecule has 0 saturated heterocycles. The molecular formula is C17H27ClN2O2. The van der Waals surface area contributed by atoms with E-state index in [1.165, 1.54) is 24.8 Å². The summed E-state index contributed by atoms with van der Waals surface area (Å²) in [6, 6.07) is 8.29. The lowest BCUT2D eigenvalue weighted by atomic mass is 9.69. The highest BCUT2D eigenvalue weighted by molar-refractivity contribution is 5.85. The van der Waals surface area contributed by atoms with Gasteiger partial charge in [-0.05, 0) is 30.5 Å². The van der Waals surface area contributed by atoms with Crippen molar-refractivity contribution in [3.05, 3.63) is 29.8 Å². The third-order valence-electron chi connectivity index (χ3n) is 4.51. The summed E-state index contributed by atoms with van der Waals surface area (Å²) < 4.78 is 5.24. The maximum absolute atomic E-state index is 11.7. The number of amides is 1. The number of carbonyl (C=O) groups is 1. The minimum absolute atomic E-state index is 0. The second-order valence-corrected chi connectivity index (χ2v) is 5.88. The first-order valence-corrected chi connectivity index (χ1v) is 7.81. The summed E-state index contributed by atoms with van der Waals surface area (Å²) in [5.41, 5.74) is 6.81. The second kappa shape index (κ2) is 9.01. The highest BCUT2D eigenvalue weighted by atomic mass is 35.5. The van der Waals surface area contributed by atoms with Crippen LogP contribution in [0.2, 0.25) is 0 Å². The van der Waals surface area contributed by atoms with E-state index in [1.54, 1.807) is 7.11 Å². The van der Waals surface area contributed by atoms with Crippen LogP contribution in [0.15, 0.2) is 24.3 Å². The quantitative estimate of drug-likeness (QED) is 0.845. The number of hydrogen-bond acceptors (Lipinski definition) is 3. The summed E-state index contributed by atoms with van der Waals surface area (Å²) in [4.78, 5) is 11.7. The number of nitrogens with two attached hydrogens (primary N) is 1. The molecule has 0 unspecified atom stereocenters. The Kier molecular flexibility index (Phi) is 7.69. The van der Waals surface area contributed by atoms with E-state index in [1.807, 2.05) is 12.1 Å². The summed E-state index contributed by atoms with van der Waals surface area (Å²) in [7, 11) is 1.68. The fourth-order valence-electron chi connectivity index (χ4n) is 3.23. The highest BCUT2D eigenvalue weighted by Crippen LogP contribution is 2.39. The Morgan fingerprint density at radius 1 is 1.23 bits per heavy atom. The van der Waals surface area contributed by atoms with Crippen LogP contribution in [0.3, 0.4) is 0 Å². The van der Waals surface area contributed by atoms with Gasteiger partial charge in [0.25, 0.3) is 0 Å². The van der Waals surface area contributed by atoms with Crippen LogP contribution >= 0.6 is 12.4 Å². The first kappa shape index (κ1) is 18.8. The van der Waals surface area contributed by atoms with E-state index >= 15 is 0 Å².